The fraction of sp³-hybridized carbons (Fsp3) is 0.778. The van der Waals surface area contributed by atoms with E-state index in [-0.39, 0.29) is 0 Å². The van der Waals surface area contributed by atoms with Crippen molar-refractivity contribution in [2.45, 2.75) is 58.4 Å². The number of hydrogen-bond acceptors (Lipinski definition) is 3. The third kappa shape index (κ3) is 3.69. The molecule has 3 heterocycles. The zero-order valence-electron chi connectivity index (χ0n) is 13.9. The molecule has 2 aliphatic heterocycles. The third-order valence-corrected chi connectivity index (χ3v) is 6.58. The van der Waals surface area contributed by atoms with Gasteiger partial charge in [-0.3, -0.25) is 4.90 Å². The van der Waals surface area contributed by atoms with Crippen molar-refractivity contribution in [1.29, 1.82) is 0 Å². The molecule has 2 fully saturated rings. The maximum atomic E-state index is 3.63. The maximum absolute atomic E-state index is 3.63. The summed E-state index contributed by atoms with van der Waals surface area (Å²) in [5.41, 5.74) is 0.861. The van der Waals surface area contributed by atoms with Gasteiger partial charge in [0.15, 0.2) is 0 Å². The molecule has 2 saturated heterocycles. The summed E-state index contributed by atoms with van der Waals surface area (Å²) in [6.45, 7) is 13.1. The lowest BCUT2D eigenvalue weighted by molar-refractivity contribution is 0.0607. The molecule has 118 valence electrons. The van der Waals surface area contributed by atoms with Crippen LogP contribution in [0, 0.1) is 5.41 Å². The van der Waals surface area contributed by atoms with E-state index < -0.39 is 0 Å². The molecule has 3 rings (SSSR count). The lowest BCUT2D eigenvalue weighted by atomic mass is 9.74. The molecule has 2 aliphatic rings. The first-order valence-corrected chi connectivity index (χ1v) is 9.31. The van der Waals surface area contributed by atoms with Gasteiger partial charge in [0.1, 0.15) is 0 Å². The summed E-state index contributed by atoms with van der Waals surface area (Å²) in [4.78, 5) is 5.76. The Kier molecular flexibility index (Phi) is 4.45. The second-order valence-electron chi connectivity index (χ2n) is 8.11. The van der Waals surface area contributed by atoms with Crippen LogP contribution < -0.4 is 5.32 Å². The van der Waals surface area contributed by atoms with Crippen molar-refractivity contribution in [3.63, 3.8) is 0 Å². The molecule has 1 aromatic heterocycles. The minimum atomic E-state index is 0.291. The van der Waals surface area contributed by atoms with E-state index >= 15 is 0 Å². The van der Waals surface area contributed by atoms with E-state index in [1.165, 1.54) is 56.7 Å². The molecule has 1 unspecified atom stereocenters. The Balaban J connectivity index is 1.63. The van der Waals surface area contributed by atoms with Gasteiger partial charge in [0.2, 0.25) is 0 Å². The third-order valence-electron chi connectivity index (χ3n) is 5.08. The summed E-state index contributed by atoms with van der Waals surface area (Å²) >= 11 is 2.01. The molecule has 1 N–H and O–H groups in total. The Hall–Kier alpha value is -0.380. The first kappa shape index (κ1) is 15.5. The maximum Gasteiger partial charge on any atom is 0.0328 e. The molecule has 0 bridgehead atoms. The summed E-state index contributed by atoms with van der Waals surface area (Å²) in [5.74, 6) is 0. The molecule has 2 nitrogen and oxygen atoms in total. The van der Waals surface area contributed by atoms with Crippen molar-refractivity contribution in [2.24, 2.45) is 5.41 Å². The standard InChI is InChI=1S/C18H30N2S/c1-17(2,3)16-7-6-15(21-16)12-20-11-5-9-18(14-20)8-4-10-19-13-18/h6-7,19H,4-5,8-14H2,1-3H3. The van der Waals surface area contributed by atoms with Gasteiger partial charge in [-0.05, 0) is 61.7 Å². The van der Waals surface area contributed by atoms with E-state index in [0.29, 0.717) is 10.8 Å². The average Bonchev–Trinajstić information content (AvgIpc) is 2.88. The number of piperidine rings is 2. The van der Waals surface area contributed by atoms with Gasteiger partial charge < -0.3 is 5.32 Å². The average molecular weight is 307 g/mol. The molecule has 0 saturated carbocycles. The van der Waals surface area contributed by atoms with E-state index in [1.807, 2.05) is 11.3 Å². The van der Waals surface area contributed by atoms with E-state index in [4.69, 9.17) is 0 Å². The van der Waals surface area contributed by atoms with Crippen LogP contribution in [0.5, 0.6) is 0 Å². The van der Waals surface area contributed by atoms with Crippen molar-refractivity contribution in [3.8, 4) is 0 Å². The monoisotopic (exact) mass is 306 g/mol. The second kappa shape index (κ2) is 6.02. The summed E-state index contributed by atoms with van der Waals surface area (Å²) in [7, 11) is 0. The quantitative estimate of drug-likeness (QED) is 0.888. The Bertz CT molecular complexity index is 460. The molecule has 3 heteroatoms. The van der Waals surface area contributed by atoms with Gasteiger partial charge in [-0.1, -0.05) is 20.8 Å². The van der Waals surface area contributed by atoms with E-state index in [0.717, 1.165) is 6.54 Å². The highest BCUT2D eigenvalue weighted by Crippen LogP contribution is 2.37. The Labute approximate surface area is 133 Å². The van der Waals surface area contributed by atoms with Crippen LogP contribution in [0.3, 0.4) is 0 Å². The second-order valence-corrected chi connectivity index (χ2v) is 9.28. The molecule has 1 atom stereocenters. The van der Waals surface area contributed by atoms with Crippen LogP contribution in [0.1, 0.15) is 56.2 Å². The van der Waals surface area contributed by atoms with Crippen molar-refractivity contribution in [2.75, 3.05) is 26.2 Å². The predicted molar refractivity (Wildman–Crippen MR) is 92.1 cm³/mol. The van der Waals surface area contributed by atoms with Gasteiger partial charge in [0, 0.05) is 29.4 Å². The van der Waals surface area contributed by atoms with Crippen LogP contribution >= 0.6 is 11.3 Å². The van der Waals surface area contributed by atoms with Gasteiger partial charge in [-0.25, -0.2) is 0 Å². The number of hydrogen-bond donors (Lipinski definition) is 1. The Morgan fingerprint density at radius 2 is 2.05 bits per heavy atom. The molecular formula is C18H30N2S. The van der Waals surface area contributed by atoms with Crippen LogP contribution in [0.15, 0.2) is 12.1 Å². The van der Waals surface area contributed by atoms with E-state index in [9.17, 15) is 0 Å². The minimum absolute atomic E-state index is 0.291. The van der Waals surface area contributed by atoms with Gasteiger partial charge in [0.25, 0.3) is 0 Å². The van der Waals surface area contributed by atoms with Crippen molar-refractivity contribution in [1.82, 2.24) is 10.2 Å². The van der Waals surface area contributed by atoms with Gasteiger partial charge in [-0.15, -0.1) is 11.3 Å². The first-order valence-electron chi connectivity index (χ1n) is 8.49. The number of nitrogens with one attached hydrogen (secondary N) is 1. The normalized spacial score (nSPS) is 28.1. The highest BCUT2D eigenvalue weighted by molar-refractivity contribution is 7.12. The SMILES string of the molecule is CC(C)(C)c1ccc(CN2CCCC3(CCCNC3)C2)s1. The zero-order chi connectivity index (χ0) is 14.9. The molecule has 0 aromatic carbocycles. The zero-order valence-corrected chi connectivity index (χ0v) is 14.7. The summed E-state index contributed by atoms with van der Waals surface area (Å²) in [6, 6.07) is 4.69. The van der Waals surface area contributed by atoms with Crippen LogP contribution in [0.2, 0.25) is 0 Å². The molecule has 0 aliphatic carbocycles. The number of likely N-dealkylation sites (tertiary alicyclic amines) is 1. The van der Waals surface area contributed by atoms with Crippen LogP contribution in [-0.4, -0.2) is 31.1 Å². The van der Waals surface area contributed by atoms with Crippen LogP contribution in [0.25, 0.3) is 0 Å². The molecule has 21 heavy (non-hydrogen) atoms. The lowest BCUT2D eigenvalue weighted by Crippen LogP contribution is -2.50. The Morgan fingerprint density at radius 1 is 1.24 bits per heavy atom. The van der Waals surface area contributed by atoms with E-state index in [2.05, 4.69) is 43.1 Å². The molecule has 1 aromatic rings. The smallest absolute Gasteiger partial charge is 0.0328 e. The molecule has 1 spiro atoms. The molecular weight excluding hydrogens is 276 g/mol. The number of nitrogens with zero attached hydrogens (tertiary/aromatic N) is 1. The number of thiophene rings is 1. The van der Waals surface area contributed by atoms with Crippen molar-refractivity contribution < 1.29 is 0 Å². The Morgan fingerprint density at radius 3 is 2.71 bits per heavy atom. The summed E-state index contributed by atoms with van der Waals surface area (Å²) < 4.78 is 0. The van der Waals surface area contributed by atoms with Crippen molar-refractivity contribution in [3.05, 3.63) is 21.9 Å². The number of rotatable bonds is 2. The molecule has 0 amide bonds. The van der Waals surface area contributed by atoms with Gasteiger partial charge in [-0.2, -0.15) is 0 Å². The van der Waals surface area contributed by atoms with Gasteiger partial charge in [0.05, 0.1) is 0 Å². The highest BCUT2D eigenvalue weighted by atomic mass is 32.1. The van der Waals surface area contributed by atoms with Crippen molar-refractivity contribution >= 4 is 11.3 Å². The first-order chi connectivity index (χ1) is 9.97. The minimum Gasteiger partial charge on any atom is -0.316 e. The highest BCUT2D eigenvalue weighted by Gasteiger charge is 2.36. The van der Waals surface area contributed by atoms with Gasteiger partial charge >= 0.3 is 0 Å². The fourth-order valence-corrected chi connectivity index (χ4v) is 5.02. The predicted octanol–water partition coefficient (Wildman–Crippen LogP) is 4.01. The van der Waals surface area contributed by atoms with Crippen LogP contribution in [0.4, 0.5) is 0 Å². The lowest BCUT2D eigenvalue weighted by Gasteiger charge is -2.45. The largest absolute Gasteiger partial charge is 0.316 e. The molecule has 0 radical (unpaired) electrons. The summed E-state index contributed by atoms with van der Waals surface area (Å²) in [5, 5.41) is 3.63. The summed E-state index contributed by atoms with van der Waals surface area (Å²) in [6.07, 6.45) is 5.59. The van der Waals surface area contributed by atoms with Crippen LogP contribution in [-0.2, 0) is 12.0 Å². The topological polar surface area (TPSA) is 15.3 Å². The van der Waals surface area contributed by atoms with E-state index in [1.54, 1.807) is 4.88 Å². The fourth-order valence-electron chi connectivity index (χ4n) is 3.91.